The second kappa shape index (κ2) is 6.74. The SMILES string of the molecule is CCOc1ccc(S(=O)(=O)NC2C(N)CC2OCC)cc1. The van der Waals surface area contributed by atoms with E-state index in [2.05, 4.69) is 4.72 Å². The third-order valence-electron chi connectivity index (χ3n) is 3.48. The number of nitrogens with two attached hydrogens (primary N) is 1. The Morgan fingerprint density at radius 1 is 1.24 bits per heavy atom. The summed E-state index contributed by atoms with van der Waals surface area (Å²) in [5.41, 5.74) is 5.87. The smallest absolute Gasteiger partial charge is 0.240 e. The molecule has 0 heterocycles. The van der Waals surface area contributed by atoms with E-state index in [9.17, 15) is 8.42 Å². The zero-order valence-corrected chi connectivity index (χ0v) is 13.1. The molecular formula is C14H22N2O4S. The average Bonchev–Trinajstić information content (AvgIpc) is 2.46. The fourth-order valence-electron chi connectivity index (χ4n) is 2.32. The number of sulfonamides is 1. The van der Waals surface area contributed by atoms with E-state index < -0.39 is 10.0 Å². The first-order valence-electron chi connectivity index (χ1n) is 7.10. The second-order valence-electron chi connectivity index (χ2n) is 4.94. The molecule has 0 aliphatic heterocycles. The van der Waals surface area contributed by atoms with Crippen LogP contribution in [0.1, 0.15) is 20.3 Å². The molecule has 3 unspecified atom stereocenters. The zero-order valence-electron chi connectivity index (χ0n) is 12.3. The van der Waals surface area contributed by atoms with Gasteiger partial charge in [-0.1, -0.05) is 0 Å². The minimum Gasteiger partial charge on any atom is -0.494 e. The molecule has 21 heavy (non-hydrogen) atoms. The van der Waals surface area contributed by atoms with Gasteiger partial charge >= 0.3 is 0 Å². The first-order valence-corrected chi connectivity index (χ1v) is 8.58. The van der Waals surface area contributed by atoms with Gasteiger partial charge in [0.2, 0.25) is 10.0 Å². The number of ether oxygens (including phenoxy) is 2. The number of hydrogen-bond donors (Lipinski definition) is 2. The Morgan fingerprint density at radius 2 is 1.90 bits per heavy atom. The summed E-state index contributed by atoms with van der Waals surface area (Å²) in [6, 6.07) is 5.73. The zero-order chi connectivity index (χ0) is 15.5. The van der Waals surface area contributed by atoms with E-state index in [1.165, 1.54) is 12.1 Å². The van der Waals surface area contributed by atoms with Crippen LogP contribution in [0.5, 0.6) is 5.75 Å². The van der Waals surface area contributed by atoms with Gasteiger partial charge in [0.25, 0.3) is 0 Å². The minimum absolute atomic E-state index is 0.150. The summed E-state index contributed by atoms with van der Waals surface area (Å²) in [4.78, 5) is 0.195. The third-order valence-corrected chi connectivity index (χ3v) is 4.96. The Hall–Kier alpha value is -1.15. The van der Waals surface area contributed by atoms with Crippen LogP contribution in [0.4, 0.5) is 0 Å². The topological polar surface area (TPSA) is 90.7 Å². The van der Waals surface area contributed by atoms with Gasteiger partial charge in [0.05, 0.1) is 23.6 Å². The fourth-order valence-corrected chi connectivity index (χ4v) is 3.63. The van der Waals surface area contributed by atoms with E-state index in [-0.39, 0.29) is 23.1 Å². The molecule has 3 N–H and O–H groups in total. The maximum Gasteiger partial charge on any atom is 0.240 e. The van der Waals surface area contributed by atoms with Crippen molar-refractivity contribution in [3.05, 3.63) is 24.3 Å². The first-order chi connectivity index (χ1) is 9.97. The van der Waals surface area contributed by atoms with Crippen molar-refractivity contribution in [2.45, 2.75) is 43.4 Å². The highest BCUT2D eigenvalue weighted by Crippen LogP contribution is 2.25. The van der Waals surface area contributed by atoms with Crippen molar-refractivity contribution in [1.29, 1.82) is 0 Å². The third kappa shape index (κ3) is 3.74. The van der Waals surface area contributed by atoms with Gasteiger partial charge in [-0.15, -0.1) is 0 Å². The summed E-state index contributed by atoms with van der Waals surface area (Å²) in [7, 11) is -3.60. The maximum absolute atomic E-state index is 12.3. The van der Waals surface area contributed by atoms with Crippen LogP contribution in [0.2, 0.25) is 0 Å². The van der Waals surface area contributed by atoms with Gasteiger partial charge in [-0.05, 0) is 44.5 Å². The fraction of sp³-hybridized carbons (Fsp3) is 0.571. The summed E-state index contributed by atoms with van der Waals surface area (Å²) in [5, 5.41) is 0. The molecule has 2 rings (SSSR count). The van der Waals surface area contributed by atoms with Crippen molar-refractivity contribution in [2.75, 3.05) is 13.2 Å². The van der Waals surface area contributed by atoms with E-state index in [0.717, 1.165) is 0 Å². The molecule has 3 atom stereocenters. The van der Waals surface area contributed by atoms with Gasteiger partial charge in [-0.25, -0.2) is 13.1 Å². The molecule has 118 valence electrons. The molecular weight excluding hydrogens is 292 g/mol. The summed E-state index contributed by atoms with van der Waals surface area (Å²) < 4.78 is 38.1. The van der Waals surface area contributed by atoms with Crippen LogP contribution >= 0.6 is 0 Å². The predicted octanol–water partition coefficient (Wildman–Crippen LogP) is 0.868. The monoisotopic (exact) mass is 314 g/mol. The van der Waals surface area contributed by atoms with Gasteiger partial charge in [0.1, 0.15) is 5.75 Å². The summed E-state index contributed by atoms with van der Waals surface area (Å²) >= 11 is 0. The number of hydrogen-bond acceptors (Lipinski definition) is 5. The molecule has 1 aromatic rings. The largest absolute Gasteiger partial charge is 0.494 e. The number of nitrogens with one attached hydrogen (secondary N) is 1. The van der Waals surface area contributed by atoms with E-state index in [4.69, 9.17) is 15.2 Å². The Kier molecular flexibility index (Phi) is 5.21. The Bertz CT molecular complexity index is 557. The molecule has 1 aromatic carbocycles. The Labute approximate surface area is 125 Å². The lowest BCUT2D eigenvalue weighted by Crippen LogP contribution is -2.64. The molecule has 0 aromatic heterocycles. The van der Waals surface area contributed by atoms with Gasteiger partial charge in [-0.3, -0.25) is 0 Å². The van der Waals surface area contributed by atoms with Crippen LogP contribution in [0.15, 0.2) is 29.2 Å². The number of benzene rings is 1. The number of rotatable bonds is 7. The second-order valence-corrected chi connectivity index (χ2v) is 6.66. The normalized spacial score (nSPS) is 25.4. The Morgan fingerprint density at radius 3 is 2.43 bits per heavy atom. The first kappa shape index (κ1) is 16.2. The van der Waals surface area contributed by atoms with Crippen LogP contribution in [0.25, 0.3) is 0 Å². The molecule has 0 spiro atoms. The molecule has 0 radical (unpaired) electrons. The van der Waals surface area contributed by atoms with Crippen molar-refractivity contribution in [2.24, 2.45) is 5.73 Å². The molecule has 1 saturated carbocycles. The molecule has 1 aliphatic rings. The van der Waals surface area contributed by atoms with Crippen molar-refractivity contribution < 1.29 is 17.9 Å². The van der Waals surface area contributed by atoms with E-state index in [1.807, 2.05) is 13.8 Å². The van der Waals surface area contributed by atoms with Crippen LogP contribution < -0.4 is 15.2 Å². The summed E-state index contributed by atoms with van der Waals surface area (Å²) in [6.07, 6.45) is 0.520. The molecule has 1 fully saturated rings. The van der Waals surface area contributed by atoms with E-state index >= 15 is 0 Å². The lowest BCUT2D eigenvalue weighted by Gasteiger charge is -2.42. The van der Waals surface area contributed by atoms with Crippen molar-refractivity contribution in [3.63, 3.8) is 0 Å². The molecule has 6 nitrogen and oxygen atoms in total. The minimum atomic E-state index is -3.60. The molecule has 1 aliphatic carbocycles. The van der Waals surface area contributed by atoms with Gasteiger partial charge in [0, 0.05) is 12.6 Å². The molecule has 7 heteroatoms. The highest BCUT2D eigenvalue weighted by molar-refractivity contribution is 7.89. The molecule has 0 saturated heterocycles. The van der Waals surface area contributed by atoms with Crippen LogP contribution in [-0.2, 0) is 14.8 Å². The highest BCUT2D eigenvalue weighted by atomic mass is 32.2. The molecule has 0 amide bonds. The standard InChI is InChI=1S/C14H22N2O4S/c1-3-19-10-5-7-11(8-6-10)21(17,18)16-14-12(15)9-13(14)20-4-2/h5-8,12-14,16H,3-4,9,15H2,1-2H3. The predicted molar refractivity (Wildman–Crippen MR) is 79.7 cm³/mol. The Balaban J connectivity index is 2.07. The van der Waals surface area contributed by atoms with Gasteiger partial charge < -0.3 is 15.2 Å². The summed E-state index contributed by atoms with van der Waals surface area (Å²) in [6.45, 7) is 4.83. The quantitative estimate of drug-likeness (QED) is 0.779. The van der Waals surface area contributed by atoms with Gasteiger partial charge in [-0.2, -0.15) is 0 Å². The van der Waals surface area contributed by atoms with Crippen molar-refractivity contribution in [1.82, 2.24) is 4.72 Å². The lowest BCUT2D eigenvalue weighted by atomic mass is 9.84. The average molecular weight is 314 g/mol. The lowest BCUT2D eigenvalue weighted by molar-refractivity contribution is -0.0248. The van der Waals surface area contributed by atoms with E-state index in [0.29, 0.717) is 25.4 Å². The highest BCUT2D eigenvalue weighted by Gasteiger charge is 2.41. The molecule has 0 bridgehead atoms. The van der Waals surface area contributed by atoms with Crippen LogP contribution in [0, 0.1) is 0 Å². The maximum atomic E-state index is 12.3. The summed E-state index contributed by atoms with van der Waals surface area (Å²) in [5.74, 6) is 0.643. The van der Waals surface area contributed by atoms with Crippen LogP contribution in [0.3, 0.4) is 0 Å². The van der Waals surface area contributed by atoms with Crippen molar-refractivity contribution in [3.8, 4) is 5.75 Å². The van der Waals surface area contributed by atoms with Crippen LogP contribution in [-0.4, -0.2) is 39.8 Å². The van der Waals surface area contributed by atoms with Crippen molar-refractivity contribution >= 4 is 10.0 Å². The van der Waals surface area contributed by atoms with E-state index in [1.54, 1.807) is 12.1 Å². The van der Waals surface area contributed by atoms with Gasteiger partial charge in [0.15, 0.2) is 0 Å².